The van der Waals surface area contributed by atoms with Gasteiger partial charge >= 0.3 is 0 Å². The van der Waals surface area contributed by atoms with E-state index >= 15 is 0 Å². The predicted octanol–water partition coefficient (Wildman–Crippen LogP) is 2.55. The second-order valence-corrected chi connectivity index (χ2v) is 5.90. The van der Waals surface area contributed by atoms with Gasteiger partial charge in [-0.3, -0.25) is 4.79 Å². The Kier molecular flexibility index (Phi) is 5.55. The fourth-order valence-electron chi connectivity index (χ4n) is 1.97. The molecular weight excluding hydrogens is 238 g/mol. The smallest absolute Gasteiger partial charge is 0.220 e. The summed E-state index contributed by atoms with van der Waals surface area (Å²) >= 11 is 0. The van der Waals surface area contributed by atoms with Crippen molar-refractivity contribution in [1.29, 1.82) is 0 Å². The van der Waals surface area contributed by atoms with E-state index in [4.69, 9.17) is 5.11 Å². The van der Waals surface area contributed by atoms with Crippen LogP contribution in [-0.2, 0) is 10.2 Å². The van der Waals surface area contributed by atoms with Crippen molar-refractivity contribution in [3.05, 3.63) is 35.4 Å². The minimum absolute atomic E-state index is 0.00161. The molecule has 0 fully saturated rings. The summed E-state index contributed by atoms with van der Waals surface area (Å²) in [7, 11) is 0. The Labute approximate surface area is 116 Å². The molecule has 3 nitrogen and oxygen atoms in total. The van der Waals surface area contributed by atoms with Gasteiger partial charge in [-0.25, -0.2) is 0 Å². The molecule has 1 aromatic carbocycles. The largest absolute Gasteiger partial charge is 0.394 e. The minimum Gasteiger partial charge on any atom is -0.394 e. The average Bonchev–Trinajstić information content (AvgIpc) is 2.37. The summed E-state index contributed by atoms with van der Waals surface area (Å²) in [4.78, 5) is 11.7. The van der Waals surface area contributed by atoms with Gasteiger partial charge in [0, 0.05) is 12.5 Å². The SMILES string of the molecule is Cc1ccc(C(C)(C)CCC(=O)N[C@@H](C)CO)cc1. The first-order valence-corrected chi connectivity index (χ1v) is 6.82. The number of amides is 1. The first-order chi connectivity index (χ1) is 8.85. The van der Waals surface area contributed by atoms with E-state index in [-0.39, 0.29) is 24.0 Å². The molecule has 0 aromatic heterocycles. The van der Waals surface area contributed by atoms with E-state index in [1.807, 2.05) is 0 Å². The zero-order valence-electron chi connectivity index (χ0n) is 12.4. The number of carbonyl (C=O) groups is 1. The normalized spacial score (nSPS) is 13.1. The highest BCUT2D eigenvalue weighted by molar-refractivity contribution is 5.76. The molecule has 0 aliphatic carbocycles. The molecule has 1 amide bonds. The number of nitrogens with one attached hydrogen (secondary N) is 1. The standard InChI is InChI=1S/C16H25NO2/c1-12-5-7-14(8-6-12)16(3,4)10-9-15(19)17-13(2)11-18/h5-8,13,18H,9-11H2,1-4H3,(H,17,19)/t13-/m0/s1. The molecule has 19 heavy (non-hydrogen) atoms. The Hall–Kier alpha value is -1.35. The van der Waals surface area contributed by atoms with Gasteiger partial charge in [0.2, 0.25) is 5.91 Å². The van der Waals surface area contributed by atoms with E-state index in [1.54, 1.807) is 6.92 Å². The molecule has 1 atom stereocenters. The lowest BCUT2D eigenvalue weighted by Gasteiger charge is -2.25. The van der Waals surface area contributed by atoms with Crippen LogP contribution in [0, 0.1) is 6.92 Å². The van der Waals surface area contributed by atoms with Crippen LogP contribution in [0.1, 0.15) is 44.7 Å². The number of rotatable bonds is 6. The second-order valence-electron chi connectivity index (χ2n) is 5.90. The van der Waals surface area contributed by atoms with Crippen LogP contribution in [0.2, 0.25) is 0 Å². The monoisotopic (exact) mass is 263 g/mol. The topological polar surface area (TPSA) is 49.3 Å². The summed E-state index contributed by atoms with van der Waals surface area (Å²) in [5.74, 6) is 0.00161. The molecular formula is C16H25NO2. The Balaban J connectivity index is 2.55. The molecule has 0 spiro atoms. The van der Waals surface area contributed by atoms with E-state index in [9.17, 15) is 4.79 Å². The number of aryl methyl sites for hydroxylation is 1. The van der Waals surface area contributed by atoms with Gasteiger partial charge in [0.15, 0.2) is 0 Å². The summed E-state index contributed by atoms with van der Waals surface area (Å²) in [5.41, 5.74) is 2.48. The minimum atomic E-state index is -0.171. The summed E-state index contributed by atoms with van der Waals surface area (Å²) in [6.07, 6.45) is 1.27. The summed E-state index contributed by atoms with van der Waals surface area (Å²) < 4.78 is 0. The molecule has 0 aliphatic rings. The molecule has 0 saturated heterocycles. The highest BCUT2D eigenvalue weighted by atomic mass is 16.3. The predicted molar refractivity (Wildman–Crippen MR) is 78.1 cm³/mol. The Morgan fingerprint density at radius 1 is 1.32 bits per heavy atom. The van der Waals surface area contributed by atoms with Crippen LogP contribution >= 0.6 is 0 Å². The number of aliphatic hydroxyl groups excluding tert-OH is 1. The van der Waals surface area contributed by atoms with Gasteiger partial charge < -0.3 is 10.4 Å². The molecule has 1 rings (SSSR count). The number of aliphatic hydroxyl groups is 1. The summed E-state index contributed by atoms with van der Waals surface area (Å²) in [6.45, 7) is 8.15. The number of hydrogen-bond acceptors (Lipinski definition) is 2. The first kappa shape index (κ1) is 15.7. The lowest BCUT2D eigenvalue weighted by molar-refractivity contribution is -0.122. The van der Waals surface area contributed by atoms with Crippen molar-refractivity contribution in [2.24, 2.45) is 0 Å². The molecule has 0 saturated carbocycles. The average molecular weight is 263 g/mol. The molecule has 0 aliphatic heterocycles. The molecule has 2 N–H and O–H groups in total. The van der Waals surface area contributed by atoms with Gasteiger partial charge in [-0.05, 0) is 31.2 Å². The number of benzene rings is 1. The lowest BCUT2D eigenvalue weighted by Crippen LogP contribution is -2.35. The van der Waals surface area contributed by atoms with Gasteiger partial charge in [-0.2, -0.15) is 0 Å². The van der Waals surface area contributed by atoms with Crippen LogP contribution in [-0.4, -0.2) is 23.7 Å². The fourth-order valence-corrected chi connectivity index (χ4v) is 1.97. The van der Waals surface area contributed by atoms with Crippen molar-refractivity contribution >= 4 is 5.91 Å². The highest BCUT2D eigenvalue weighted by Gasteiger charge is 2.21. The van der Waals surface area contributed by atoms with Crippen LogP contribution in [0.4, 0.5) is 0 Å². The molecule has 3 heteroatoms. The van der Waals surface area contributed by atoms with Crippen molar-refractivity contribution < 1.29 is 9.90 Å². The first-order valence-electron chi connectivity index (χ1n) is 6.82. The molecule has 1 aromatic rings. The van der Waals surface area contributed by atoms with E-state index in [1.165, 1.54) is 11.1 Å². The van der Waals surface area contributed by atoms with Crippen molar-refractivity contribution in [2.75, 3.05) is 6.61 Å². The van der Waals surface area contributed by atoms with Crippen molar-refractivity contribution in [3.8, 4) is 0 Å². The zero-order chi connectivity index (χ0) is 14.5. The molecule has 0 bridgehead atoms. The van der Waals surface area contributed by atoms with E-state index in [2.05, 4.69) is 50.4 Å². The highest BCUT2D eigenvalue weighted by Crippen LogP contribution is 2.28. The van der Waals surface area contributed by atoms with Crippen molar-refractivity contribution in [2.45, 2.75) is 52.0 Å². The maximum atomic E-state index is 11.7. The number of hydrogen-bond donors (Lipinski definition) is 2. The van der Waals surface area contributed by atoms with Crippen LogP contribution in [0.25, 0.3) is 0 Å². The lowest BCUT2D eigenvalue weighted by atomic mass is 9.80. The molecule has 0 unspecified atom stereocenters. The van der Waals surface area contributed by atoms with Crippen LogP contribution < -0.4 is 5.32 Å². The van der Waals surface area contributed by atoms with Gasteiger partial charge in [0.1, 0.15) is 0 Å². The Morgan fingerprint density at radius 3 is 2.42 bits per heavy atom. The molecule has 0 radical (unpaired) electrons. The second kappa shape index (κ2) is 6.71. The number of carbonyl (C=O) groups excluding carboxylic acids is 1. The van der Waals surface area contributed by atoms with E-state index < -0.39 is 0 Å². The quantitative estimate of drug-likeness (QED) is 0.828. The van der Waals surface area contributed by atoms with Crippen molar-refractivity contribution in [3.63, 3.8) is 0 Å². The van der Waals surface area contributed by atoms with Crippen LogP contribution in [0.5, 0.6) is 0 Å². The third kappa shape index (κ3) is 5.03. The van der Waals surface area contributed by atoms with Gasteiger partial charge in [0.05, 0.1) is 6.61 Å². The van der Waals surface area contributed by atoms with Gasteiger partial charge in [-0.1, -0.05) is 43.7 Å². The van der Waals surface area contributed by atoms with E-state index in [0.29, 0.717) is 6.42 Å². The summed E-state index contributed by atoms with van der Waals surface area (Å²) in [5, 5.41) is 11.7. The van der Waals surface area contributed by atoms with Crippen molar-refractivity contribution in [1.82, 2.24) is 5.32 Å². The molecule has 0 heterocycles. The summed E-state index contributed by atoms with van der Waals surface area (Å²) in [6, 6.07) is 8.29. The van der Waals surface area contributed by atoms with Gasteiger partial charge in [0.25, 0.3) is 0 Å². The maximum absolute atomic E-state index is 11.7. The molecule has 106 valence electrons. The third-order valence-corrected chi connectivity index (χ3v) is 3.49. The Bertz CT molecular complexity index is 409. The van der Waals surface area contributed by atoms with Crippen LogP contribution in [0.3, 0.4) is 0 Å². The third-order valence-electron chi connectivity index (χ3n) is 3.49. The van der Waals surface area contributed by atoms with Crippen LogP contribution in [0.15, 0.2) is 24.3 Å². The van der Waals surface area contributed by atoms with E-state index in [0.717, 1.165) is 6.42 Å². The zero-order valence-corrected chi connectivity index (χ0v) is 12.4. The maximum Gasteiger partial charge on any atom is 0.220 e. The van der Waals surface area contributed by atoms with Gasteiger partial charge in [-0.15, -0.1) is 0 Å². The Morgan fingerprint density at radius 2 is 1.89 bits per heavy atom. The fraction of sp³-hybridized carbons (Fsp3) is 0.562.